The minimum absolute atomic E-state index is 0.0244. The van der Waals surface area contributed by atoms with Crippen LogP contribution in [0.15, 0.2) is 33.6 Å². The molecule has 1 rings (SSSR count). The van der Waals surface area contributed by atoms with Gasteiger partial charge >= 0.3 is 0 Å². The molecule has 0 amide bonds. The largest absolute Gasteiger partial charge is 0.376 e. The summed E-state index contributed by atoms with van der Waals surface area (Å²) in [4.78, 5) is 0.144. The van der Waals surface area contributed by atoms with E-state index in [1.807, 2.05) is 13.8 Å². The SMILES string of the molecule is CC(C)OCCOS(=O)(=O)c1ccc(Br)cc1. The molecule has 0 radical (unpaired) electrons. The van der Waals surface area contributed by atoms with Gasteiger partial charge in [-0.3, -0.25) is 4.18 Å². The van der Waals surface area contributed by atoms with Gasteiger partial charge in [0.2, 0.25) is 0 Å². The molecule has 0 aliphatic carbocycles. The fourth-order valence-corrected chi connectivity index (χ4v) is 2.25. The first-order valence-corrected chi connectivity index (χ1v) is 7.38. The van der Waals surface area contributed by atoms with Crippen LogP contribution in [-0.2, 0) is 19.0 Å². The number of halogens is 1. The molecule has 0 saturated heterocycles. The summed E-state index contributed by atoms with van der Waals surface area (Å²) in [5.41, 5.74) is 0. The first-order chi connectivity index (χ1) is 7.92. The Morgan fingerprint density at radius 1 is 1.18 bits per heavy atom. The van der Waals surface area contributed by atoms with Crippen molar-refractivity contribution in [1.82, 2.24) is 0 Å². The van der Waals surface area contributed by atoms with Gasteiger partial charge in [0, 0.05) is 4.47 Å². The van der Waals surface area contributed by atoms with Crippen molar-refractivity contribution in [1.29, 1.82) is 0 Å². The molecule has 17 heavy (non-hydrogen) atoms. The van der Waals surface area contributed by atoms with Gasteiger partial charge in [0.1, 0.15) is 0 Å². The molecular formula is C11H15BrO4S. The molecule has 0 bridgehead atoms. The highest BCUT2D eigenvalue weighted by Gasteiger charge is 2.14. The Morgan fingerprint density at radius 3 is 2.29 bits per heavy atom. The Hall–Kier alpha value is -0.430. The summed E-state index contributed by atoms with van der Waals surface area (Å²) in [7, 11) is -3.68. The number of benzene rings is 1. The second-order valence-electron chi connectivity index (χ2n) is 3.65. The molecule has 0 aromatic heterocycles. The molecular weight excluding hydrogens is 308 g/mol. The number of hydrogen-bond acceptors (Lipinski definition) is 4. The van der Waals surface area contributed by atoms with E-state index in [1.165, 1.54) is 12.1 Å². The van der Waals surface area contributed by atoms with Gasteiger partial charge in [-0.1, -0.05) is 15.9 Å². The van der Waals surface area contributed by atoms with E-state index in [0.29, 0.717) is 0 Å². The van der Waals surface area contributed by atoms with Crippen LogP contribution in [0.1, 0.15) is 13.8 Å². The zero-order chi connectivity index (χ0) is 12.9. The average molecular weight is 323 g/mol. The first kappa shape index (κ1) is 14.6. The lowest BCUT2D eigenvalue weighted by molar-refractivity contribution is 0.0566. The van der Waals surface area contributed by atoms with Crippen molar-refractivity contribution in [3.8, 4) is 0 Å². The van der Waals surface area contributed by atoms with Crippen LogP contribution in [0.5, 0.6) is 0 Å². The molecule has 0 saturated carbocycles. The lowest BCUT2D eigenvalue weighted by Crippen LogP contribution is -2.14. The Balaban J connectivity index is 2.54. The lowest BCUT2D eigenvalue weighted by Gasteiger charge is -2.08. The molecule has 1 aromatic rings. The smallest absolute Gasteiger partial charge is 0.297 e. The maximum absolute atomic E-state index is 11.7. The molecule has 0 fully saturated rings. The molecule has 96 valence electrons. The number of hydrogen-bond donors (Lipinski definition) is 0. The topological polar surface area (TPSA) is 52.6 Å². The Kier molecular flexibility index (Phi) is 5.58. The predicted octanol–water partition coefficient (Wildman–Crippen LogP) is 2.58. The molecule has 0 aliphatic heterocycles. The van der Waals surface area contributed by atoms with Crippen molar-refractivity contribution < 1.29 is 17.3 Å². The maximum Gasteiger partial charge on any atom is 0.297 e. The van der Waals surface area contributed by atoms with Crippen LogP contribution in [-0.4, -0.2) is 27.7 Å². The standard InChI is InChI=1S/C11H15BrO4S/c1-9(2)15-7-8-16-17(13,14)11-5-3-10(12)4-6-11/h3-6,9H,7-8H2,1-2H3. The fourth-order valence-electron chi connectivity index (χ4n) is 1.10. The summed E-state index contributed by atoms with van der Waals surface area (Å²) >= 11 is 3.24. The van der Waals surface area contributed by atoms with Crippen molar-refractivity contribution in [2.75, 3.05) is 13.2 Å². The molecule has 0 unspecified atom stereocenters. The summed E-state index contributed by atoms with van der Waals surface area (Å²) in [5.74, 6) is 0. The minimum Gasteiger partial charge on any atom is -0.376 e. The van der Waals surface area contributed by atoms with Crippen LogP contribution in [0, 0.1) is 0 Å². The number of rotatable bonds is 6. The third kappa shape index (κ3) is 5.16. The van der Waals surface area contributed by atoms with E-state index in [4.69, 9.17) is 8.92 Å². The van der Waals surface area contributed by atoms with Crippen LogP contribution in [0.2, 0.25) is 0 Å². The monoisotopic (exact) mass is 322 g/mol. The van der Waals surface area contributed by atoms with Gasteiger partial charge in [-0.2, -0.15) is 8.42 Å². The van der Waals surface area contributed by atoms with Crippen LogP contribution < -0.4 is 0 Å². The van der Waals surface area contributed by atoms with E-state index in [2.05, 4.69) is 15.9 Å². The molecule has 1 aromatic carbocycles. The van der Waals surface area contributed by atoms with E-state index in [9.17, 15) is 8.42 Å². The normalized spacial score (nSPS) is 12.0. The summed E-state index contributed by atoms with van der Waals surface area (Å²) in [5, 5.41) is 0. The van der Waals surface area contributed by atoms with E-state index in [0.717, 1.165) is 4.47 Å². The zero-order valence-electron chi connectivity index (χ0n) is 9.72. The summed E-state index contributed by atoms with van der Waals surface area (Å²) in [6.45, 7) is 4.04. The van der Waals surface area contributed by atoms with Crippen LogP contribution >= 0.6 is 15.9 Å². The second kappa shape index (κ2) is 6.49. The molecule has 0 N–H and O–H groups in total. The predicted molar refractivity (Wildman–Crippen MR) is 68.4 cm³/mol. The van der Waals surface area contributed by atoms with Crippen LogP contribution in [0.25, 0.3) is 0 Å². The highest BCUT2D eigenvalue weighted by molar-refractivity contribution is 9.10. The highest BCUT2D eigenvalue weighted by Crippen LogP contribution is 2.16. The van der Waals surface area contributed by atoms with Crippen molar-refractivity contribution in [2.45, 2.75) is 24.8 Å². The van der Waals surface area contributed by atoms with Crippen LogP contribution in [0.3, 0.4) is 0 Å². The Morgan fingerprint density at radius 2 is 1.76 bits per heavy atom. The van der Waals surface area contributed by atoms with E-state index in [-0.39, 0.29) is 24.2 Å². The van der Waals surface area contributed by atoms with E-state index < -0.39 is 10.1 Å². The molecule has 0 aliphatic rings. The van der Waals surface area contributed by atoms with Gasteiger partial charge in [-0.05, 0) is 38.1 Å². The highest BCUT2D eigenvalue weighted by atomic mass is 79.9. The molecule has 4 nitrogen and oxygen atoms in total. The molecule has 0 atom stereocenters. The average Bonchev–Trinajstić information content (AvgIpc) is 2.25. The Labute approximate surface area is 110 Å². The molecule has 0 spiro atoms. The molecule has 0 heterocycles. The summed E-state index contributed by atoms with van der Waals surface area (Å²) < 4.78 is 34.2. The third-order valence-electron chi connectivity index (χ3n) is 1.88. The van der Waals surface area contributed by atoms with E-state index in [1.54, 1.807) is 12.1 Å². The summed E-state index contributed by atoms with van der Waals surface area (Å²) in [6, 6.07) is 6.28. The van der Waals surface area contributed by atoms with Gasteiger partial charge in [-0.25, -0.2) is 0 Å². The maximum atomic E-state index is 11.7. The van der Waals surface area contributed by atoms with E-state index >= 15 is 0 Å². The minimum atomic E-state index is -3.68. The van der Waals surface area contributed by atoms with Gasteiger partial charge in [0.05, 0.1) is 24.2 Å². The van der Waals surface area contributed by atoms with Gasteiger partial charge in [0.25, 0.3) is 10.1 Å². The lowest BCUT2D eigenvalue weighted by atomic mass is 10.4. The Bertz CT molecular complexity index is 439. The van der Waals surface area contributed by atoms with Gasteiger partial charge in [0.15, 0.2) is 0 Å². The zero-order valence-corrected chi connectivity index (χ0v) is 12.1. The molecule has 6 heteroatoms. The first-order valence-electron chi connectivity index (χ1n) is 5.18. The summed E-state index contributed by atoms with van der Waals surface area (Å²) in [6.07, 6.45) is 0.0639. The van der Waals surface area contributed by atoms with Crippen molar-refractivity contribution in [3.05, 3.63) is 28.7 Å². The third-order valence-corrected chi connectivity index (χ3v) is 3.73. The van der Waals surface area contributed by atoms with Crippen molar-refractivity contribution in [3.63, 3.8) is 0 Å². The van der Waals surface area contributed by atoms with Crippen LogP contribution in [0.4, 0.5) is 0 Å². The van der Waals surface area contributed by atoms with Gasteiger partial charge < -0.3 is 4.74 Å². The second-order valence-corrected chi connectivity index (χ2v) is 6.18. The fraction of sp³-hybridized carbons (Fsp3) is 0.455. The van der Waals surface area contributed by atoms with Crippen molar-refractivity contribution in [2.24, 2.45) is 0 Å². The quantitative estimate of drug-likeness (QED) is 0.596. The van der Waals surface area contributed by atoms with Crippen molar-refractivity contribution >= 4 is 26.0 Å². The van der Waals surface area contributed by atoms with Gasteiger partial charge in [-0.15, -0.1) is 0 Å². The number of ether oxygens (including phenoxy) is 1.